The lowest BCUT2D eigenvalue weighted by Gasteiger charge is -2.38. The fourth-order valence-corrected chi connectivity index (χ4v) is 4.66. The molecule has 1 aromatic heterocycles. The van der Waals surface area contributed by atoms with E-state index >= 15 is 0 Å². The molecule has 2 heterocycles. The lowest BCUT2D eigenvalue weighted by Crippen LogP contribution is -2.47. The van der Waals surface area contributed by atoms with Crippen molar-refractivity contribution in [1.82, 2.24) is 10.3 Å². The molecule has 0 aliphatic carbocycles. The maximum atomic E-state index is 13.2. The minimum atomic E-state index is -4.49. The second kappa shape index (κ2) is 9.49. The molecular formula is C27H25Cl2F3N2O3. The lowest BCUT2D eigenvalue weighted by atomic mass is 9.88. The number of amides is 1. The van der Waals surface area contributed by atoms with Crippen LogP contribution in [-0.4, -0.2) is 27.2 Å². The summed E-state index contributed by atoms with van der Waals surface area (Å²) in [5, 5.41) is 13.8. The number of halogens is 5. The number of aliphatic hydroxyl groups is 1. The van der Waals surface area contributed by atoms with Gasteiger partial charge in [-0.1, -0.05) is 35.3 Å². The lowest BCUT2D eigenvalue weighted by molar-refractivity contribution is -0.138. The third-order valence-corrected chi connectivity index (χ3v) is 6.58. The van der Waals surface area contributed by atoms with E-state index in [0.29, 0.717) is 44.4 Å². The Morgan fingerprint density at radius 3 is 2.30 bits per heavy atom. The van der Waals surface area contributed by atoms with Gasteiger partial charge in [0.25, 0.3) is 5.91 Å². The first-order chi connectivity index (χ1) is 17.0. The molecule has 1 aliphatic heterocycles. The molecule has 1 unspecified atom stereocenters. The van der Waals surface area contributed by atoms with Crippen molar-refractivity contribution in [3.8, 4) is 28.3 Å². The molecule has 10 heteroatoms. The van der Waals surface area contributed by atoms with Gasteiger partial charge in [-0.2, -0.15) is 13.2 Å². The summed E-state index contributed by atoms with van der Waals surface area (Å²) in [4.78, 5) is 17.4. The van der Waals surface area contributed by atoms with Crippen LogP contribution in [0.3, 0.4) is 0 Å². The number of fused-ring (bicyclic) bond motifs is 1. The smallest absolute Gasteiger partial charge is 0.416 e. The minimum absolute atomic E-state index is 0.244. The van der Waals surface area contributed by atoms with Gasteiger partial charge in [0.1, 0.15) is 11.2 Å². The molecule has 5 nitrogen and oxygen atoms in total. The molecule has 2 aromatic carbocycles. The van der Waals surface area contributed by atoms with Gasteiger partial charge in [0.2, 0.25) is 5.88 Å². The predicted octanol–water partition coefficient (Wildman–Crippen LogP) is 7.23. The maximum Gasteiger partial charge on any atom is 0.416 e. The van der Waals surface area contributed by atoms with Crippen LogP contribution in [0, 0.1) is 0 Å². The van der Waals surface area contributed by atoms with Gasteiger partial charge >= 0.3 is 6.18 Å². The average Bonchev–Trinajstić information content (AvgIpc) is 2.76. The molecule has 0 fully saturated rings. The van der Waals surface area contributed by atoms with Crippen LogP contribution in [0.25, 0.3) is 22.4 Å². The van der Waals surface area contributed by atoms with E-state index in [1.807, 2.05) is 13.8 Å². The van der Waals surface area contributed by atoms with E-state index < -0.39 is 34.9 Å². The number of nitrogens with zero attached hydrogens (tertiary/aromatic N) is 1. The predicted molar refractivity (Wildman–Crippen MR) is 137 cm³/mol. The van der Waals surface area contributed by atoms with E-state index in [-0.39, 0.29) is 5.88 Å². The first-order valence-corrected chi connectivity index (χ1v) is 12.2. The summed E-state index contributed by atoms with van der Waals surface area (Å²) in [6.45, 7) is 6.45. The topological polar surface area (TPSA) is 71.5 Å². The van der Waals surface area contributed by atoms with Crippen LogP contribution in [-0.2, 0) is 11.0 Å². The third kappa shape index (κ3) is 5.87. The van der Waals surface area contributed by atoms with Gasteiger partial charge in [-0.25, -0.2) is 4.98 Å². The largest absolute Gasteiger partial charge is 0.471 e. The molecule has 1 aliphatic rings. The molecular weight excluding hydrogens is 528 g/mol. The normalized spacial score (nSPS) is 17.1. The standard InChI is InChI=1S/C27H25Cl2F3N2O3/c1-25(2)13-21(33-24(35)26(3,4)36)19-12-18(14-5-7-15(8-6-14)27(30,31)32)22(34-23(19)37-25)17-10-9-16(28)11-20(17)29/h5-12,21,36H,13H2,1-4H3,(H,33,35). The Kier molecular flexibility index (Phi) is 6.99. The zero-order valence-electron chi connectivity index (χ0n) is 20.5. The van der Waals surface area contributed by atoms with Gasteiger partial charge in [0.15, 0.2) is 0 Å². The van der Waals surface area contributed by atoms with Gasteiger partial charge in [0.05, 0.1) is 22.3 Å². The highest BCUT2D eigenvalue weighted by Gasteiger charge is 2.38. The molecule has 0 saturated carbocycles. The molecule has 0 bridgehead atoms. The van der Waals surface area contributed by atoms with Crippen molar-refractivity contribution in [3.63, 3.8) is 0 Å². The van der Waals surface area contributed by atoms with Gasteiger partial charge < -0.3 is 15.2 Å². The third-order valence-electron chi connectivity index (χ3n) is 6.03. The van der Waals surface area contributed by atoms with Gasteiger partial charge in [0, 0.05) is 28.1 Å². The Labute approximate surface area is 222 Å². The minimum Gasteiger partial charge on any atom is -0.471 e. The molecule has 4 rings (SSSR count). The van der Waals surface area contributed by atoms with E-state index in [4.69, 9.17) is 32.9 Å². The molecule has 2 N–H and O–H groups in total. The van der Waals surface area contributed by atoms with E-state index in [2.05, 4.69) is 5.32 Å². The van der Waals surface area contributed by atoms with E-state index in [0.717, 1.165) is 12.1 Å². The number of alkyl halides is 3. The maximum absolute atomic E-state index is 13.2. The molecule has 0 spiro atoms. The van der Waals surface area contributed by atoms with Crippen molar-refractivity contribution in [2.45, 2.75) is 57.5 Å². The van der Waals surface area contributed by atoms with Gasteiger partial charge in [-0.3, -0.25) is 4.79 Å². The molecule has 1 amide bonds. The zero-order valence-corrected chi connectivity index (χ0v) is 22.0. The Balaban J connectivity index is 1.93. The number of hydrogen-bond donors (Lipinski definition) is 2. The quantitative estimate of drug-likeness (QED) is 0.358. The molecule has 37 heavy (non-hydrogen) atoms. The van der Waals surface area contributed by atoms with E-state index in [1.54, 1.807) is 24.3 Å². The number of ether oxygens (including phenoxy) is 1. The highest BCUT2D eigenvalue weighted by atomic mass is 35.5. The molecule has 196 valence electrons. The Hall–Kier alpha value is -2.81. The second-order valence-corrected chi connectivity index (χ2v) is 11.0. The van der Waals surface area contributed by atoms with Crippen molar-refractivity contribution in [3.05, 3.63) is 69.7 Å². The number of carbonyl (C=O) groups excluding carboxylic acids is 1. The van der Waals surface area contributed by atoms with Gasteiger partial charge in [-0.05, 0) is 69.7 Å². The van der Waals surface area contributed by atoms with Crippen LogP contribution >= 0.6 is 23.2 Å². The van der Waals surface area contributed by atoms with Crippen LogP contribution in [0.4, 0.5) is 13.2 Å². The number of benzene rings is 2. The van der Waals surface area contributed by atoms with Crippen LogP contribution < -0.4 is 10.1 Å². The number of carbonyl (C=O) groups is 1. The summed E-state index contributed by atoms with van der Waals surface area (Å²) in [5.41, 5.74) is -0.755. The molecule has 0 saturated heterocycles. The van der Waals surface area contributed by atoms with Crippen LogP contribution in [0.2, 0.25) is 10.0 Å². The molecule has 3 aromatic rings. The highest BCUT2D eigenvalue weighted by Crippen LogP contribution is 2.45. The summed E-state index contributed by atoms with van der Waals surface area (Å²) < 4.78 is 45.8. The molecule has 1 atom stereocenters. The Morgan fingerprint density at radius 1 is 1.08 bits per heavy atom. The first-order valence-electron chi connectivity index (χ1n) is 11.5. The number of hydrogen-bond acceptors (Lipinski definition) is 4. The first kappa shape index (κ1) is 27.2. The molecule has 0 radical (unpaired) electrons. The van der Waals surface area contributed by atoms with E-state index in [1.165, 1.54) is 26.0 Å². The summed E-state index contributed by atoms with van der Waals surface area (Å²) in [5.74, 6) is -0.337. The van der Waals surface area contributed by atoms with Crippen molar-refractivity contribution < 1.29 is 27.8 Å². The summed E-state index contributed by atoms with van der Waals surface area (Å²) in [6.07, 6.45) is -4.11. The van der Waals surface area contributed by atoms with Crippen LogP contribution in [0.5, 0.6) is 5.88 Å². The number of pyridine rings is 1. The number of nitrogens with one attached hydrogen (secondary N) is 1. The highest BCUT2D eigenvalue weighted by molar-refractivity contribution is 6.36. The summed E-state index contributed by atoms with van der Waals surface area (Å²) in [7, 11) is 0. The van der Waals surface area contributed by atoms with E-state index in [9.17, 15) is 23.1 Å². The average molecular weight is 553 g/mol. The van der Waals surface area contributed by atoms with Crippen molar-refractivity contribution >= 4 is 29.1 Å². The monoisotopic (exact) mass is 552 g/mol. The number of rotatable bonds is 4. The fourth-order valence-electron chi connectivity index (χ4n) is 4.16. The zero-order chi connectivity index (χ0) is 27.3. The second-order valence-electron chi connectivity index (χ2n) is 10.1. The van der Waals surface area contributed by atoms with Crippen LogP contribution in [0.15, 0.2) is 48.5 Å². The van der Waals surface area contributed by atoms with Crippen molar-refractivity contribution in [2.24, 2.45) is 0 Å². The summed E-state index contributed by atoms with van der Waals surface area (Å²) in [6, 6.07) is 10.7. The van der Waals surface area contributed by atoms with Crippen molar-refractivity contribution in [1.29, 1.82) is 0 Å². The Morgan fingerprint density at radius 2 is 1.73 bits per heavy atom. The SMILES string of the molecule is CC1(C)CC(NC(=O)C(C)(C)O)c2cc(-c3ccc(C(F)(F)F)cc3)c(-c3ccc(Cl)cc3Cl)nc2O1. The van der Waals surface area contributed by atoms with Gasteiger partial charge in [-0.15, -0.1) is 0 Å². The Bertz CT molecular complexity index is 1350. The number of aromatic nitrogens is 1. The summed E-state index contributed by atoms with van der Waals surface area (Å²) >= 11 is 12.6. The fraction of sp³-hybridized carbons (Fsp3) is 0.333. The van der Waals surface area contributed by atoms with Crippen molar-refractivity contribution in [2.75, 3.05) is 0 Å². The van der Waals surface area contributed by atoms with Crippen LogP contribution in [0.1, 0.15) is 51.3 Å².